The first kappa shape index (κ1) is 10.5. The van der Waals surface area contributed by atoms with Gasteiger partial charge >= 0.3 is 0 Å². The quantitative estimate of drug-likeness (QED) is 0.730. The molecule has 0 heterocycles. The fraction of sp³-hybridized carbons (Fsp3) is 1.00. The molecule has 14 heavy (non-hydrogen) atoms. The zero-order valence-corrected chi connectivity index (χ0v) is 9.97. The Hall–Kier alpha value is -0.0400. The van der Waals surface area contributed by atoms with Crippen molar-refractivity contribution in [3.8, 4) is 0 Å². The maximum Gasteiger partial charge on any atom is -0.00150 e. The highest BCUT2D eigenvalue weighted by Gasteiger charge is 2.57. The minimum atomic E-state index is 0.773. The molecule has 2 aliphatic rings. The van der Waals surface area contributed by atoms with Gasteiger partial charge in [-0.1, -0.05) is 27.2 Å². The maximum absolute atomic E-state index is 3.51. The maximum atomic E-state index is 3.51. The third-order valence-electron chi connectivity index (χ3n) is 4.76. The van der Waals surface area contributed by atoms with Crippen LogP contribution in [0, 0.1) is 23.2 Å². The molecule has 0 saturated heterocycles. The van der Waals surface area contributed by atoms with E-state index in [1.807, 2.05) is 0 Å². The van der Waals surface area contributed by atoms with Crippen LogP contribution in [0.5, 0.6) is 0 Å². The van der Waals surface area contributed by atoms with Gasteiger partial charge in [-0.05, 0) is 55.5 Å². The molecule has 1 spiro atoms. The van der Waals surface area contributed by atoms with Gasteiger partial charge in [0.05, 0.1) is 0 Å². The van der Waals surface area contributed by atoms with Gasteiger partial charge in [0.2, 0.25) is 0 Å². The molecule has 4 unspecified atom stereocenters. The molecule has 2 saturated carbocycles. The largest absolute Gasteiger partial charge is 0.317 e. The number of nitrogens with one attached hydrogen (secondary N) is 1. The standard InChI is InChI=1S/C13H25N/c1-4-14-9-12-8-13(12)6-5-10(2)7-11(13)3/h10-12,14H,4-9H2,1-3H3. The summed E-state index contributed by atoms with van der Waals surface area (Å²) in [4.78, 5) is 0. The molecule has 0 bridgehead atoms. The van der Waals surface area contributed by atoms with E-state index >= 15 is 0 Å². The van der Waals surface area contributed by atoms with E-state index in [2.05, 4.69) is 26.1 Å². The van der Waals surface area contributed by atoms with E-state index in [1.54, 1.807) is 0 Å². The van der Waals surface area contributed by atoms with Crippen molar-refractivity contribution in [2.75, 3.05) is 13.1 Å². The summed E-state index contributed by atoms with van der Waals surface area (Å²) >= 11 is 0. The molecule has 0 aromatic heterocycles. The third kappa shape index (κ3) is 1.71. The predicted molar refractivity (Wildman–Crippen MR) is 61.3 cm³/mol. The molecule has 2 aliphatic carbocycles. The number of hydrogen-bond acceptors (Lipinski definition) is 1. The van der Waals surface area contributed by atoms with Gasteiger partial charge in [-0.25, -0.2) is 0 Å². The average molecular weight is 195 g/mol. The lowest BCUT2D eigenvalue weighted by molar-refractivity contribution is 0.165. The van der Waals surface area contributed by atoms with Crippen LogP contribution in [0.15, 0.2) is 0 Å². The van der Waals surface area contributed by atoms with Crippen LogP contribution in [0.25, 0.3) is 0 Å². The molecule has 0 aromatic carbocycles. The van der Waals surface area contributed by atoms with Crippen LogP contribution in [-0.4, -0.2) is 13.1 Å². The van der Waals surface area contributed by atoms with Crippen molar-refractivity contribution >= 4 is 0 Å². The molecule has 1 N–H and O–H groups in total. The first-order valence-electron chi connectivity index (χ1n) is 6.39. The molecule has 82 valence electrons. The van der Waals surface area contributed by atoms with Crippen molar-refractivity contribution < 1.29 is 0 Å². The summed E-state index contributed by atoms with van der Waals surface area (Å²) in [6.07, 6.45) is 5.97. The number of rotatable bonds is 3. The average Bonchev–Trinajstić information content (AvgIpc) is 2.85. The summed E-state index contributed by atoms with van der Waals surface area (Å²) in [6.45, 7) is 9.53. The Balaban J connectivity index is 1.86. The fourth-order valence-electron chi connectivity index (χ4n) is 3.62. The lowest BCUT2D eigenvalue weighted by Gasteiger charge is -2.34. The van der Waals surface area contributed by atoms with Crippen molar-refractivity contribution in [1.82, 2.24) is 5.32 Å². The van der Waals surface area contributed by atoms with Gasteiger partial charge in [0.25, 0.3) is 0 Å². The molecule has 2 fully saturated rings. The van der Waals surface area contributed by atoms with E-state index in [4.69, 9.17) is 0 Å². The smallest absolute Gasteiger partial charge is 0.00150 e. The second-order valence-electron chi connectivity index (χ2n) is 5.72. The first-order valence-corrected chi connectivity index (χ1v) is 6.39. The van der Waals surface area contributed by atoms with E-state index in [1.165, 1.54) is 32.2 Å². The normalized spacial score (nSPS) is 46.9. The van der Waals surface area contributed by atoms with Gasteiger partial charge < -0.3 is 5.32 Å². The van der Waals surface area contributed by atoms with Crippen LogP contribution in [0.1, 0.15) is 46.5 Å². The van der Waals surface area contributed by atoms with Gasteiger partial charge in [-0.15, -0.1) is 0 Å². The molecule has 1 heteroatoms. The second-order valence-corrected chi connectivity index (χ2v) is 5.72. The summed E-state index contributed by atoms with van der Waals surface area (Å²) in [7, 11) is 0. The Morgan fingerprint density at radius 1 is 1.36 bits per heavy atom. The Labute approximate surface area is 88.7 Å². The molecule has 1 nitrogen and oxygen atoms in total. The van der Waals surface area contributed by atoms with Gasteiger partial charge in [-0.2, -0.15) is 0 Å². The van der Waals surface area contributed by atoms with Gasteiger partial charge in [0.1, 0.15) is 0 Å². The predicted octanol–water partition coefficient (Wildman–Crippen LogP) is 3.06. The van der Waals surface area contributed by atoms with Crippen molar-refractivity contribution in [2.45, 2.75) is 46.5 Å². The van der Waals surface area contributed by atoms with Crippen molar-refractivity contribution in [2.24, 2.45) is 23.2 Å². The molecular formula is C13H25N. The summed E-state index contributed by atoms with van der Waals surface area (Å²) < 4.78 is 0. The summed E-state index contributed by atoms with van der Waals surface area (Å²) in [6, 6.07) is 0. The molecule has 0 amide bonds. The molecular weight excluding hydrogens is 170 g/mol. The lowest BCUT2D eigenvalue weighted by atomic mass is 9.72. The van der Waals surface area contributed by atoms with Crippen molar-refractivity contribution in [1.29, 1.82) is 0 Å². The van der Waals surface area contributed by atoms with Gasteiger partial charge in [-0.3, -0.25) is 0 Å². The molecule has 0 aliphatic heterocycles. The van der Waals surface area contributed by atoms with Crippen LogP contribution in [0.4, 0.5) is 0 Å². The minimum Gasteiger partial charge on any atom is -0.317 e. The Morgan fingerprint density at radius 2 is 2.14 bits per heavy atom. The molecule has 0 aromatic rings. The van der Waals surface area contributed by atoms with Crippen molar-refractivity contribution in [3.63, 3.8) is 0 Å². The Kier molecular flexibility index (Phi) is 2.88. The highest BCUT2D eigenvalue weighted by Crippen LogP contribution is 2.64. The topological polar surface area (TPSA) is 12.0 Å². The van der Waals surface area contributed by atoms with E-state index in [-0.39, 0.29) is 0 Å². The van der Waals surface area contributed by atoms with Crippen LogP contribution in [-0.2, 0) is 0 Å². The molecule has 2 rings (SSSR count). The molecule has 4 atom stereocenters. The van der Waals surface area contributed by atoms with Crippen LogP contribution in [0.3, 0.4) is 0 Å². The fourth-order valence-corrected chi connectivity index (χ4v) is 3.62. The Morgan fingerprint density at radius 3 is 2.79 bits per heavy atom. The molecule has 0 radical (unpaired) electrons. The highest BCUT2D eigenvalue weighted by atomic mass is 14.9. The minimum absolute atomic E-state index is 0.773. The van der Waals surface area contributed by atoms with Crippen molar-refractivity contribution in [3.05, 3.63) is 0 Å². The Bertz CT molecular complexity index is 201. The van der Waals surface area contributed by atoms with E-state index in [9.17, 15) is 0 Å². The summed E-state index contributed by atoms with van der Waals surface area (Å²) in [5.41, 5.74) is 0.773. The van der Waals surface area contributed by atoms with Crippen LogP contribution in [0.2, 0.25) is 0 Å². The van der Waals surface area contributed by atoms with E-state index in [0.717, 1.165) is 29.7 Å². The zero-order chi connectivity index (χ0) is 10.2. The van der Waals surface area contributed by atoms with Gasteiger partial charge in [0, 0.05) is 0 Å². The monoisotopic (exact) mass is 195 g/mol. The lowest BCUT2D eigenvalue weighted by Crippen LogP contribution is -2.27. The third-order valence-corrected chi connectivity index (χ3v) is 4.76. The zero-order valence-electron chi connectivity index (χ0n) is 9.97. The van der Waals surface area contributed by atoms with Crippen LogP contribution < -0.4 is 5.32 Å². The van der Waals surface area contributed by atoms with E-state index in [0.29, 0.717) is 0 Å². The van der Waals surface area contributed by atoms with E-state index < -0.39 is 0 Å². The van der Waals surface area contributed by atoms with Crippen LogP contribution >= 0.6 is 0 Å². The first-order chi connectivity index (χ1) is 6.69. The SMILES string of the molecule is CCNCC1CC12CCC(C)CC2C. The highest BCUT2D eigenvalue weighted by molar-refractivity contribution is 5.07. The van der Waals surface area contributed by atoms with Gasteiger partial charge in [0.15, 0.2) is 0 Å². The number of hydrogen-bond donors (Lipinski definition) is 1. The summed E-state index contributed by atoms with van der Waals surface area (Å²) in [5.74, 6) is 2.97. The summed E-state index contributed by atoms with van der Waals surface area (Å²) in [5, 5.41) is 3.51. The second kappa shape index (κ2) is 3.84.